The maximum atomic E-state index is 13.9. The molecule has 11 heteroatoms. The van der Waals surface area contributed by atoms with E-state index in [1.807, 2.05) is 24.3 Å². The Hall–Kier alpha value is -4.38. The lowest BCUT2D eigenvalue weighted by Gasteiger charge is -2.46. The van der Waals surface area contributed by atoms with E-state index in [0.29, 0.717) is 41.6 Å². The molecule has 2 aliphatic rings. The van der Waals surface area contributed by atoms with E-state index in [0.717, 1.165) is 61.2 Å². The van der Waals surface area contributed by atoms with Crippen molar-refractivity contribution in [3.05, 3.63) is 78.3 Å². The van der Waals surface area contributed by atoms with E-state index in [2.05, 4.69) is 15.2 Å². The van der Waals surface area contributed by atoms with Gasteiger partial charge in [-0.3, -0.25) is 4.90 Å². The van der Waals surface area contributed by atoms with Gasteiger partial charge in [-0.05, 0) is 80.3 Å². The first kappa shape index (κ1) is 26.8. The molecule has 2 amide bonds. The fraction of sp³-hybridized carbons (Fsp3) is 0.300. The number of nitrogens with one attached hydrogen (secondary N) is 1. The van der Waals surface area contributed by atoms with E-state index in [9.17, 15) is 18.0 Å². The molecule has 212 valence electrons. The van der Waals surface area contributed by atoms with Gasteiger partial charge in [0.1, 0.15) is 0 Å². The Bertz CT molecular complexity index is 1560. The second-order valence-corrected chi connectivity index (χ2v) is 10.3. The molecule has 0 unspecified atom stereocenters. The second kappa shape index (κ2) is 10.9. The molecule has 2 aromatic carbocycles. The third-order valence-corrected chi connectivity index (χ3v) is 7.52. The van der Waals surface area contributed by atoms with E-state index in [4.69, 9.17) is 15.1 Å². The molecule has 4 heterocycles. The molecule has 0 saturated carbocycles. The number of benzene rings is 2. The smallest absolute Gasteiger partial charge is 0.416 e. The van der Waals surface area contributed by atoms with Crippen LogP contribution in [0.3, 0.4) is 0 Å². The van der Waals surface area contributed by atoms with Crippen LogP contribution >= 0.6 is 0 Å². The lowest BCUT2D eigenvalue weighted by atomic mass is 9.99. The Morgan fingerprint density at radius 3 is 2.78 bits per heavy atom. The van der Waals surface area contributed by atoms with Crippen LogP contribution in [0.1, 0.15) is 30.4 Å². The first-order chi connectivity index (χ1) is 19.8. The number of rotatable bonds is 6. The highest BCUT2D eigenvalue weighted by atomic mass is 19.4. The van der Waals surface area contributed by atoms with Crippen LogP contribution in [0.5, 0.6) is 0 Å². The summed E-state index contributed by atoms with van der Waals surface area (Å²) in [5.41, 5.74) is 8.82. The summed E-state index contributed by atoms with van der Waals surface area (Å²) in [5.74, 6) is 1.01. The van der Waals surface area contributed by atoms with Gasteiger partial charge in [-0.15, -0.1) is 0 Å². The molecule has 0 radical (unpaired) electrons. The number of aryl methyl sites for hydroxylation is 1. The maximum absolute atomic E-state index is 13.9. The lowest BCUT2D eigenvalue weighted by Crippen LogP contribution is -2.56. The van der Waals surface area contributed by atoms with Gasteiger partial charge in [0.15, 0.2) is 18.0 Å². The van der Waals surface area contributed by atoms with E-state index in [1.165, 1.54) is 12.5 Å². The number of carbonyl (C=O) groups is 1. The molecule has 4 aromatic rings. The standard InChI is InChI=1S/C30H29F3N6O2/c31-30(32,33)22-6-1-5-20(14-22)25-8-9-26-28(37-25)39(24-7-3-11-38(26)17-24)29(40)36-23-13-19(4-2-10-34)12-21(15-23)27-16-35-18-41-27/h1,5-6,8-9,12-16,18,24H,2-4,7,10-11,17,34H2,(H,36,40)/t24-/m0/s1. The van der Waals surface area contributed by atoms with Crippen LogP contribution in [0.4, 0.5) is 35.2 Å². The summed E-state index contributed by atoms with van der Waals surface area (Å²) in [7, 11) is 0. The number of alkyl halides is 3. The Morgan fingerprint density at radius 2 is 2.00 bits per heavy atom. The zero-order chi connectivity index (χ0) is 28.6. The minimum Gasteiger partial charge on any atom is -0.444 e. The molecule has 3 N–H and O–H groups in total. The number of urea groups is 1. The summed E-state index contributed by atoms with van der Waals surface area (Å²) in [5, 5.41) is 3.05. The van der Waals surface area contributed by atoms with Crippen molar-refractivity contribution in [1.82, 2.24) is 9.97 Å². The van der Waals surface area contributed by atoms with Gasteiger partial charge >= 0.3 is 12.2 Å². The number of halogens is 3. The average Bonchev–Trinajstić information content (AvgIpc) is 3.51. The third-order valence-electron chi connectivity index (χ3n) is 7.52. The summed E-state index contributed by atoms with van der Waals surface area (Å²) in [6.45, 7) is 2.02. The van der Waals surface area contributed by atoms with Crippen molar-refractivity contribution in [1.29, 1.82) is 0 Å². The van der Waals surface area contributed by atoms with E-state index >= 15 is 0 Å². The molecule has 6 rings (SSSR count). The summed E-state index contributed by atoms with van der Waals surface area (Å²) in [4.78, 5) is 26.6. The number of aromatic nitrogens is 2. The zero-order valence-corrected chi connectivity index (χ0v) is 22.2. The van der Waals surface area contributed by atoms with E-state index in [1.54, 1.807) is 23.2 Å². The van der Waals surface area contributed by atoms with Crippen molar-refractivity contribution < 1.29 is 22.4 Å². The quantitative estimate of drug-likeness (QED) is 0.285. The topological polar surface area (TPSA) is 101 Å². The van der Waals surface area contributed by atoms with Crippen LogP contribution in [0.25, 0.3) is 22.6 Å². The number of fused-ring (bicyclic) bond motifs is 4. The Kier molecular flexibility index (Phi) is 7.12. The van der Waals surface area contributed by atoms with Crippen LogP contribution in [0.2, 0.25) is 0 Å². The van der Waals surface area contributed by atoms with Crippen LogP contribution in [-0.2, 0) is 12.6 Å². The summed E-state index contributed by atoms with van der Waals surface area (Å²) >= 11 is 0. The number of hydrogen-bond acceptors (Lipinski definition) is 6. The van der Waals surface area contributed by atoms with Crippen molar-refractivity contribution in [2.24, 2.45) is 5.73 Å². The minimum atomic E-state index is -4.47. The van der Waals surface area contributed by atoms with E-state index < -0.39 is 11.7 Å². The van der Waals surface area contributed by atoms with Gasteiger partial charge in [0.05, 0.1) is 29.2 Å². The van der Waals surface area contributed by atoms with Crippen LogP contribution < -0.4 is 20.9 Å². The maximum Gasteiger partial charge on any atom is 0.416 e. The third kappa shape index (κ3) is 5.49. The minimum absolute atomic E-state index is 0.130. The molecular formula is C30H29F3N6O2. The molecule has 8 nitrogen and oxygen atoms in total. The highest BCUT2D eigenvalue weighted by Gasteiger charge is 2.38. The Labute approximate surface area is 235 Å². The number of pyridine rings is 1. The predicted octanol–water partition coefficient (Wildman–Crippen LogP) is 6.33. The summed E-state index contributed by atoms with van der Waals surface area (Å²) in [6.07, 6.45) is 1.71. The fourth-order valence-electron chi connectivity index (χ4n) is 5.60. The molecule has 2 aliphatic heterocycles. The van der Waals surface area contributed by atoms with Crippen LogP contribution in [-0.4, -0.2) is 41.7 Å². The van der Waals surface area contributed by atoms with Crippen molar-refractivity contribution in [2.75, 3.05) is 34.8 Å². The van der Waals surface area contributed by atoms with Crippen LogP contribution in [0, 0.1) is 0 Å². The summed E-state index contributed by atoms with van der Waals surface area (Å²) < 4.78 is 45.7. The predicted molar refractivity (Wildman–Crippen MR) is 151 cm³/mol. The highest BCUT2D eigenvalue weighted by Crippen LogP contribution is 2.40. The lowest BCUT2D eigenvalue weighted by molar-refractivity contribution is -0.137. The number of nitrogens with zero attached hydrogens (tertiary/aromatic N) is 4. The Balaban J connectivity index is 1.36. The molecule has 2 aromatic heterocycles. The van der Waals surface area contributed by atoms with Gasteiger partial charge in [-0.2, -0.15) is 13.2 Å². The van der Waals surface area contributed by atoms with Crippen LogP contribution in [0.15, 0.2) is 71.6 Å². The molecule has 1 saturated heterocycles. The number of anilines is 3. The first-order valence-electron chi connectivity index (χ1n) is 13.6. The number of nitrogens with two attached hydrogens (primary N) is 1. The van der Waals surface area contributed by atoms with E-state index in [-0.39, 0.29) is 12.1 Å². The van der Waals surface area contributed by atoms with Gasteiger partial charge in [-0.25, -0.2) is 14.8 Å². The van der Waals surface area contributed by atoms with Gasteiger partial charge < -0.3 is 20.4 Å². The summed E-state index contributed by atoms with van der Waals surface area (Å²) in [6, 6.07) is 13.9. The van der Waals surface area contributed by atoms with Crippen molar-refractivity contribution >= 4 is 23.2 Å². The van der Waals surface area contributed by atoms with Crippen molar-refractivity contribution in [3.8, 4) is 22.6 Å². The van der Waals surface area contributed by atoms with Crippen molar-refractivity contribution in [3.63, 3.8) is 0 Å². The first-order valence-corrected chi connectivity index (χ1v) is 13.6. The Morgan fingerprint density at radius 1 is 1.12 bits per heavy atom. The second-order valence-electron chi connectivity index (χ2n) is 10.3. The number of oxazole rings is 1. The number of hydrogen-bond donors (Lipinski definition) is 2. The average molecular weight is 563 g/mol. The normalized spacial score (nSPS) is 16.4. The van der Waals surface area contributed by atoms with Gasteiger partial charge in [0, 0.05) is 29.9 Å². The van der Waals surface area contributed by atoms with Gasteiger partial charge in [0.2, 0.25) is 0 Å². The van der Waals surface area contributed by atoms with Gasteiger partial charge in [-0.1, -0.05) is 12.1 Å². The fourth-order valence-corrected chi connectivity index (χ4v) is 5.60. The monoisotopic (exact) mass is 562 g/mol. The number of piperidine rings is 1. The molecule has 2 bridgehead atoms. The molecule has 0 spiro atoms. The molecular weight excluding hydrogens is 533 g/mol. The number of carbonyl (C=O) groups excluding carboxylic acids is 1. The number of amides is 2. The molecule has 41 heavy (non-hydrogen) atoms. The highest BCUT2D eigenvalue weighted by molar-refractivity contribution is 6.05. The van der Waals surface area contributed by atoms with Gasteiger partial charge in [0.25, 0.3) is 0 Å². The van der Waals surface area contributed by atoms with Crippen molar-refractivity contribution in [2.45, 2.75) is 37.9 Å². The SMILES string of the molecule is NCCCc1cc(NC(=O)N2c3nc(-c4cccc(C(F)(F)F)c4)ccc3N3CCC[C@H]2C3)cc(-c2cnco2)c1. The molecule has 0 aliphatic carbocycles. The molecule has 1 atom stereocenters. The zero-order valence-electron chi connectivity index (χ0n) is 22.2. The largest absolute Gasteiger partial charge is 0.444 e. The molecule has 1 fully saturated rings.